The Kier molecular flexibility index (Phi) is 8.98. The molecule has 1 aliphatic rings. The van der Waals surface area contributed by atoms with Gasteiger partial charge in [-0.2, -0.15) is 0 Å². The van der Waals surface area contributed by atoms with E-state index in [-0.39, 0.29) is 0 Å². The van der Waals surface area contributed by atoms with Crippen molar-refractivity contribution in [1.29, 1.82) is 0 Å². The Hall–Kier alpha value is -1.90. The predicted octanol–water partition coefficient (Wildman–Crippen LogP) is 6.67. The lowest BCUT2D eigenvalue weighted by atomic mass is 9.77. The van der Waals surface area contributed by atoms with Crippen LogP contribution in [-0.4, -0.2) is 0 Å². The van der Waals surface area contributed by atoms with Gasteiger partial charge in [-0.05, 0) is 72.6 Å². The Bertz CT molecular complexity index is 709. The molecular weight excluding hydrogens is 352 g/mol. The summed E-state index contributed by atoms with van der Waals surface area (Å²) in [6.07, 6.45) is 12.4. The first-order chi connectivity index (χ1) is 14.3. The molecule has 0 atom stereocenters. The Morgan fingerprint density at radius 1 is 0.828 bits per heavy atom. The smallest absolute Gasteiger partial charge is 0.0351 e. The van der Waals surface area contributed by atoms with Gasteiger partial charge < -0.3 is 0 Å². The first kappa shape index (κ1) is 21.8. The van der Waals surface area contributed by atoms with Gasteiger partial charge in [-0.1, -0.05) is 74.4 Å². The van der Waals surface area contributed by atoms with Gasteiger partial charge in [0.1, 0.15) is 0 Å². The van der Waals surface area contributed by atoms with Crippen molar-refractivity contribution in [3.8, 4) is 0 Å². The molecule has 2 N–H and O–H groups in total. The molecule has 2 nitrogen and oxygen atoms in total. The van der Waals surface area contributed by atoms with Crippen LogP contribution >= 0.6 is 0 Å². The molecule has 0 heterocycles. The maximum Gasteiger partial charge on any atom is 0.0351 e. The number of benzene rings is 2. The number of allylic oxidation sites excluding steroid dienone is 1. The summed E-state index contributed by atoms with van der Waals surface area (Å²) in [5.41, 5.74) is 12.2. The fraction of sp³-hybridized carbons (Fsp3) is 0.481. The van der Waals surface area contributed by atoms with Crippen LogP contribution in [0.4, 0.5) is 0 Å². The van der Waals surface area contributed by atoms with E-state index in [1.54, 1.807) is 0 Å². The standard InChI is InChI=1S/C27H38N2/c1-3-5-7-23-8-10-24(11-9-23)20-28-29-21-25-14-18-27(19-15-25)26-16-12-22(6-4-2)13-17-26/h3,8-11,14-15,18-19,22,26,28-29H,1,4-7,12-13,16-17,20-21H2,2H3. The zero-order valence-electron chi connectivity index (χ0n) is 18.1. The third-order valence-electron chi connectivity index (χ3n) is 6.36. The van der Waals surface area contributed by atoms with E-state index in [1.165, 1.54) is 60.8 Å². The summed E-state index contributed by atoms with van der Waals surface area (Å²) in [6.45, 7) is 7.78. The third kappa shape index (κ3) is 7.13. The highest BCUT2D eigenvalue weighted by molar-refractivity contribution is 5.26. The van der Waals surface area contributed by atoms with E-state index in [4.69, 9.17) is 0 Å². The summed E-state index contributed by atoms with van der Waals surface area (Å²) in [4.78, 5) is 0. The molecule has 0 aromatic heterocycles. The van der Waals surface area contributed by atoms with Crippen LogP contribution in [0.2, 0.25) is 0 Å². The molecule has 1 fully saturated rings. The van der Waals surface area contributed by atoms with E-state index in [1.807, 2.05) is 6.08 Å². The van der Waals surface area contributed by atoms with Gasteiger partial charge in [-0.15, -0.1) is 6.58 Å². The van der Waals surface area contributed by atoms with Crippen molar-refractivity contribution >= 4 is 0 Å². The number of rotatable bonds is 11. The van der Waals surface area contributed by atoms with Crippen LogP contribution < -0.4 is 10.9 Å². The summed E-state index contributed by atoms with van der Waals surface area (Å²) >= 11 is 0. The second kappa shape index (κ2) is 11.9. The van der Waals surface area contributed by atoms with Gasteiger partial charge in [-0.25, -0.2) is 0 Å². The molecule has 3 rings (SSSR count). The van der Waals surface area contributed by atoms with Crippen molar-refractivity contribution < 1.29 is 0 Å². The van der Waals surface area contributed by atoms with Crippen LogP contribution in [0.3, 0.4) is 0 Å². The van der Waals surface area contributed by atoms with E-state index in [0.29, 0.717) is 0 Å². The van der Waals surface area contributed by atoms with Crippen LogP contribution in [0.15, 0.2) is 61.2 Å². The molecule has 0 saturated heterocycles. The van der Waals surface area contributed by atoms with Crippen molar-refractivity contribution in [2.45, 2.75) is 77.3 Å². The first-order valence-corrected chi connectivity index (χ1v) is 11.5. The van der Waals surface area contributed by atoms with Crippen LogP contribution in [0.25, 0.3) is 0 Å². The topological polar surface area (TPSA) is 24.1 Å². The summed E-state index contributed by atoms with van der Waals surface area (Å²) in [5.74, 6) is 1.76. The second-order valence-electron chi connectivity index (χ2n) is 8.60. The summed E-state index contributed by atoms with van der Waals surface area (Å²) in [6, 6.07) is 18.1. The Balaban J connectivity index is 1.36. The van der Waals surface area contributed by atoms with Gasteiger partial charge in [0.25, 0.3) is 0 Å². The highest BCUT2D eigenvalue weighted by atomic mass is 15.3. The fourth-order valence-corrected chi connectivity index (χ4v) is 4.52. The number of hydrogen-bond acceptors (Lipinski definition) is 2. The molecule has 1 aliphatic carbocycles. The van der Waals surface area contributed by atoms with E-state index in [2.05, 4.69) is 72.9 Å². The molecule has 2 aromatic rings. The van der Waals surface area contributed by atoms with Crippen molar-refractivity contribution in [2.24, 2.45) is 5.92 Å². The van der Waals surface area contributed by atoms with Gasteiger partial charge in [0, 0.05) is 13.1 Å². The van der Waals surface area contributed by atoms with Crippen molar-refractivity contribution in [3.63, 3.8) is 0 Å². The SMILES string of the molecule is C=CCCc1ccc(CNNCc2ccc(C3CCC(CCC)CC3)cc2)cc1. The Morgan fingerprint density at radius 3 is 1.93 bits per heavy atom. The molecule has 156 valence electrons. The number of nitrogens with one attached hydrogen (secondary N) is 2. The Morgan fingerprint density at radius 2 is 1.38 bits per heavy atom. The molecule has 0 spiro atoms. The van der Waals surface area contributed by atoms with Crippen molar-refractivity contribution in [3.05, 3.63) is 83.4 Å². The van der Waals surface area contributed by atoms with Gasteiger partial charge >= 0.3 is 0 Å². The van der Waals surface area contributed by atoms with E-state index >= 15 is 0 Å². The number of hydrazine groups is 1. The van der Waals surface area contributed by atoms with Crippen LogP contribution in [0.1, 0.15) is 80.0 Å². The third-order valence-corrected chi connectivity index (χ3v) is 6.36. The average molecular weight is 391 g/mol. The summed E-state index contributed by atoms with van der Waals surface area (Å²) in [7, 11) is 0. The highest BCUT2D eigenvalue weighted by Gasteiger charge is 2.21. The minimum Gasteiger partial charge on any atom is -0.253 e. The lowest BCUT2D eigenvalue weighted by Gasteiger charge is -2.28. The molecule has 0 bridgehead atoms. The van der Waals surface area contributed by atoms with Crippen LogP contribution in [-0.2, 0) is 19.5 Å². The maximum atomic E-state index is 3.79. The maximum absolute atomic E-state index is 3.79. The zero-order chi connectivity index (χ0) is 20.3. The minimum atomic E-state index is 0.776. The summed E-state index contributed by atoms with van der Waals surface area (Å²) < 4.78 is 0. The molecule has 0 unspecified atom stereocenters. The monoisotopic (exact) mass is 390 g/mol. The molecule has 29 heavy (non-hydrogen) atoms. The number of hydrogen-bond donors (Lipinski definition) is 2. The minimum absolute atomic E-state index is 0.776. The molecule has 1 saturated carbocycles. The van der Waals surface area contributed by atoms with E-state index < -0.39 is 0 Å². The van der Waals surface area contributed by atoms with Gasteiger partial charge in [0.2, 0.25) is 0 Å². The van der Waals surface area contributed by atoms with Gasteiger partial charge in [-0.3, -0.25) is 10.9 Å². The predicted molar refractivity (Wildman–Crippen MR) is 125 cm³/mol. The average Bonchev–Trinajstić information content (AvgIpc) is 2.77. The molecule has 2 heteroatoms. The lowest BCUT2D eigenvalue weighted by Crippen LogP contribution is -2.30. The van der Waals surface area contributed by atoms with Crippen LogP contribution in [0.5, 0.6) is 0 Å². The van der Waals surface area contributed by atoms with Crippen molar-refractivity contribution in [1.82, 2.24) is 10.9 Å². The quantitative estimate of drug-likeness (QED) is 0.254. The molecular formula is C27H38N2. The van der Waals surface area contributed by atoms with Crippen molar-refractivity contribution in [2.75, 3.05) is 0 Å². The summed E-state index contributed by atoms with van der Waals surface area (Å²) in [5, 5.41) is 0. The normalized spacial score (nSPS) is 19.2. The fourth-order valence-electron chi connectivity index (χ4n) is 4.52. The zero-order valence-corrected chi connectivity index (χ0v) is 18.1. The first-order valence-electron chi connectivity index (χ1n) is 11.5. The van der Waals surface area contributed by atoms with Crippen LogP contribution in [0, 0.1) is 5.92 Å². The molecule has 2 aromatic carbocycles. The second-order valence-corrected chi connectivity index (χ2v) is 8.60. The molecule has 0 radical (unpaired) electrons. The van der Waals surface area contributed by atoms with E-state index in [0.717, 1.165) is 37.8 Å². The molecule has 0 amide bonds. The number of aryl methyl sites for hydroxylation is 1. The van der Waals surface area contributed by atoms with Gasteiger partial charge in [0.15, 0.2) is 0 Å². The van der Waals surface area contributed by atoms with E-state index in [9.17, 15) is 0 Å². The van der Waals surface area contributed by atoms with Gasteiger partial charge in [0.05, 0.1) is 0 Å². The lowest BCUT2D eigenvalue weighted by molar-refractivity contribution is 0.308. The molecule has 0 aliphatic heterocycles. The Labute approximate surface area is 177 Å². The highest BCUT2D eigenvalue weighted by Crippen LogP contribution is 2.37. The largest absolute Gasteiger partial charge is 0.253 e.